The van der Waals surface area contributed by atoms with E-state index >= 15 is 0 Å². The second kappa shape index (κ2) is 6.69. The summed E-state index contributed by atoms with van der Waals surface area (Å²) in [5.41, 5.74) is 3.89. The van der Waals surface area contributed by atoms with E-state index < -0.39 is 0 Å². The molecule has 0 saturated heterocycles. The lowest BCUT2D eigenvalue weighted by Crippen LogP contribution is -2.26. The third-order valence-electron chi connectivity index (χ3n) is 3.92. The van der Waals surface area contributed by atoms with Crippen LogP contribution in [0.4, 0.5) is 0 Å². The Hall–Kier alpha value is -1.23. The van der Waals surface area contributed by atoms with Crippen LogP contribution >= 0.6 is 11.3 Å². The van der Waals surface area contributed by atoms with Crippen LogP contribution in [0.5, 0.6) is 0 Å². The Balaban J connectivity index is 1.85. The summed E-state index contributed by atoms with van der Waals surface area (Å²) in [5.74, 6) is 0. The Kier molecular flexibility index (Phi) is 4.68. The van der Waals surface area contributed by atoms with Gasteiger partial charge in [-0.2, -0.15) is 0 Å². The number of fused-ring (bicyclic) bond motifs is 1. The van der Waals surface area contributed by atoms with E-state index in [0.29, 0.717) is 6.61 Å². The molecule has 0 radical (unpaired) electrons. The molecule has 0 fully saturated rings. The van der Waals surface area contributed by atoms with Gasteiger partial charge >= 0.3 is 0 Å². The number of rotatable bonds is 6. The Morgan fingerprint density at radius 3 is 2.81 bits per heavy atom. The molecule has 1 atom stereocenters. The number of ether oxygens (including phenoxy) is 1. The fourth-order valence-corrected chi connectivity index (χ4v) is 4.00. The summed E-state index contributed by atoms with van der Waals surface area (Å²) in [6, 6.07) is 8.92. The van der Waals surface area contributed by atoms with E-state index in [2.05, 4.69) is 36.5 Å². The number of aryl methyl sites for hydroxylation is 3. The van der Waals surface area contributed by atoms with Crippen molar-refractivity contribution < 1.29 is 4.74 Å². The average Bonchev–Trinajstić information content (AvgIpc) is 3.06. The van der Waals surface area contributed by atoms with Crippen molar-refractivity contribution in [2.24, 2.45) is 0 Å². The molecule has 112 valence electrons. The molecule has 1 aliphatic carbocycles. The van der Waals surface area contributed by atoms with Gasteiger partial charge < -0.3 is 10.1 Å². The molecular weight excluding hydrogens is 280 g/mol. The van der Waals surface area contributed by atoms with Crippen LogP contribution in [-0.4, -0.2) is 25.2 Å². The summed E-state index contributed by atoms with van der Waals surface area (Å²) in [6.45, 7) is 3.67. The molecule has 0 aliphatic heterocycles. The summed E-state index contributed by atoms with van der Waals surface area (Å²) in [4.78, 5) is 6.37. The summed E-state index contributed by atoms with van der Waals surface area (Å²) in [7, 11) is 1.74. The molecule has 0 amide bonds. The molecule has 0 spiro atoms. The van der Waals surface area contributed by atoms with Gasteiger partial charge in [0.2, 0.25) is 0 Å². The van der Waals surface area contributed by atoms with Gasteiger partial charge in [-0.3, -0.25) is 0 Å². The van der Waals surface area contributed by atoms with Gasteiger partial charge in [-0.15, -0.1) is 11.3 Å². The minimum absolute atomic E-state index is 0.177. The van der Waals surface area contributed by atoms with Gasteiger partial charge in [-0.25, -0.2) is 4.98 Å². The summed E-state index contributed by atoms with van der Waals surface area (Å²) < 4.78 is 5.16. The molecule has 1 heterocycles. The van der Waals surface area contributed by atoms with Crippen molar-refractivity contribution in [3.63, 3.8) is 0 Å². The fraction of sp³-hybridized carbons (Fsp3) is 0.471. The van der Waals surface area contributed by atoms with Gasteiger partial charge in [0.05, 0.1) is 18.3 Å². The first kappa shape index (κ1) is 14.7. The van der Waals surface area contributed by atoms with Gasteiger partial charge in [-0.1, -0.05) is 29.8 Å². The number of benzene rings is 1. The molecule has 3 nitrogen and oxygen atoms in total. The number of aromatic nitrogens is 1. The van der Waals surface area contributed by atoms with Crippen molar-refractivity contribution in [2.75, 3.05) is 20.3 Å². The first-order valence-corrected chi connectivity index (χ1v) is 8.37. The highest BCUT2D eigenvalue weighted by atomic mass is 32.1. The molecule has 4 heteroatoms. The van der Waals surface area contributed by atoms with Gasteiger partial charge in [-0.05, 0) is 31.7 Å². The van der Waals surface area contributed by atoms with Crippen LogP contribution in [0.25, 0.3) is 0 Å². The number of thiazole rings is 1. The van der Waals surface area contributed by atoms with Gasteiger partial charge in [0, 0.05) is 18.5 Å². The highest BCUT2D eigenvalue weighted by Gasteiger charge is 2.22. The molecule has 1 aromatic carbocycles. The van der Waals surface area contributed by atoms with E-state index in [9.17, 15) is 0 Å². The lowest BCUT2D eigenvalue weighted by atomic mass is 10.1. The fourth-order valence-electron chi connectivity index (χ4n) is 2.75. The third-order valence-corrected chi connectivity index (χ3v) is 5.15. The van der Waals surface area contributed by atoms with Crippen molar-refractivity contribution in [1.29, 1.82) is 0 Å². The molecule has 0 saturated carbocycles. The quantitative estimate of drug-likeness (QED) is 0.832. The normalized spacial score (nSPS) is 15.1. The van der Waals surface area contributed by atoms with E-state index in [-0.39, 0.29) is 6.04 Å². The van der Waals surface area contributed by atoms with Crippen LogP contribution in [0.2, 0.25) is 0 Å². The molecule has 1 unspecified atom stereocenters. The zero-order valence-corrected chi connectivity index (χ0v) is 13.5. The molecule has 21 heavy (non-hydrogen) atoms. The second-order valence-corrected chi connectivity index (χ2v) is 6.68. The Morgan fingerprint density at radius 1 is 1.29 bits per heavy atom. The van der Waals surface area contributed by atoms with Crippen LogP contribution in [0.1, 0.15) is 39.2 Å². The van der Waals surface area contributed by atoms with Crippen LogP contribution in [-0.2, 0) is 17.6 Å². The zero-order chi connectivity index (χ0) is 14.7. The number of nitrogens with one attached hydrogen (secondary N) is 1. The molecule has 3 rings (SSSR count). The van der Waals surface area contributed by atoms with E-state index in [1.54, 1.807) is 7.11 Å². The monoisotopic (exact) mass is 302 g/mol. The maximum Gasteiger partial charge on any atom is 0.115 e. The van der Waals surface area contributed by atoms with Gasteiger partial charge in [0.15, 0.2) is 0 Å². The minimum atomic E-state index is 0.177. The Labute approximate surface area is 130 Å². The highest BCUT2D eigenvalue weighted by Crippen LogP contribution is 2.33. The van der Waals surface area contributed by atoms with E-state index in [1.807, 2.05) is 11.3 Å². The molecule has 1 aliphatic rings. The molecule has 1 N–H and O–H groups in total. The summed E-state index contributed by atoms with van der Waals surface area (Å²) >= 11 is 1.87. The van der Waals surface area contributed by atoms with Crippen LogP contribution in [0.3, 0.4) is 0 Å². The average molecular weight is 302 g/mol. The van der Waals surface area contributed by atoms with Crippen molar-refractivity contribution >= 4 is 11.3 Å². The van der Waals surface area contributed by atoms with Gasteiger partial charge in [0.1, 0.15) is 5.01 Å². The molecule has 0 bridgehead atoms. The van der Waals surface area contributed by atoms with Crippen molar-refractivity contribution in [3.05, 3.63) is 51.0 Å². The predicted molar refractivity (Wildman–Crippen MR) is 87.0 cm³/mol. The highest BCUT2D eigenvalue weighted by molar-refractivity contribution is 7.11. The van der Waals surface area contributed by atoms with Crippen molar-refractivity contribution in [3.8, 4) is 0 Å². The third kappa shape index (κ3) is 3.34. The SMILES string of the molecule is COCCNC(c1ccc(C)cc1)c1nc2c(s1)CCC2. The van der Waals surface area contributed by atoms with E-state index in [0.717, 1.165) is 13.0 Å². The maximum absolute atomic E-state index is 5.16. The van der Waals surface area contributed by atoms with Crippen LogP contribution in [0.15, 0.2) is 24.3 Å². The number of nitrogens with zero attached hydrogens (tertiary/aromatic N) is 1. The molecular formula is C17H22N2OS. The topological polar surface area (TPSA) is 34.1 Å². The molecule has 1 aromatic heterocycles. The Morgan fingerprint density at radius 2 is 2.10 bits per heavy atom. The van der Waals surface area contributed by atoms with Crippen molar-refractivity contribution in [2.45, 2.75) is 32.2 Å². The first-order chi connectivity index (χ1) is 10.3. The first-order valence-electron chi connectivity index (χ1n) is 7.55. The standard InChI is InChI=1S/C17H22N2OS/c1-12-6-8-13(9-7-12)16(18-10-11-20-2)17-19-14-4-3-5-15(14)21-17/h6-9,16,18H,3-5,10-11H2,1-2H3. The van der Waals surface area contributed by atoms with Gasteiger partial charge in [0.25, 0.3) is 0 Å². The Bertz CT molecular complexity index is 570. The minimum Gasteiger partial charge on any atom is -0.383 e. The maximum atomic E-state index is 5.16. The summed E-state index contributed by atoms with van der Waals surface area (Å²) in [6.07, 6.45) is 3.61. The second-order valence-electron chi connectivity index (χ2n) is 5.57. The van der Waals surface area contributed by atoms with E-state index in [4.69, 9.17) is 9.72 Å². The number of hydrogen-bond acceptors (Lipinski definition) is 4. The lowest BCUT2D eigenvalue weighted by molar-refractivity contribution is 0.197. The number of hydrogen-bond donors (Lipinski definition) is 1. The lowest BCUT2D eigenvalue weighted by Gasteiger charge is -2.17. The van der Waals surface area contributed by atoms with E-state index in [1.165, 1.54) is 39.5 Å². The van der Waals surface area contributed by atoms with Crippen molar-refractivity contribution in [1.82, 2.24) is 10.3 Å². The summed E-state index contributed by atoms with van der Waals surface area (Å²) in [5, 5.41) is 4.78. The number of methoxy groups -OCH3 is 1. The predicted octanol–water partition coefficient (Wildman–Crippen LogP) is 3.27. The molecule has 2 aromatic rings. The zero-order valence-electron chi connectivity index (χ0n) is 12.7. The van der Waals surface area contributed by atoms with Crippen LogP contribution < -0.4 is 5.32 Å². The largest absolute Gasteiger partial charge is 0.383 e. The van der Waals surface area contributed by atoms with Crippen LogP contribution in [0, 0.1) is 6.92 Å². The smallest absolute Gasteiger partial charge is 0.115 e.